The molecule has 0 rings (SSSR count). The third-order valence-electron chi connectivity index (χ3n) is 2.46. The fourth-order valence-electron chi connectivity index (χ4n) is 1.60. The molecule has 0 bridgehead atoms. The molecule has 5 nitrogen and oxygen atoms in total. The summed E-state index contributed by atoms with van der Waals surface area (Å²) in [4.78, 5) is 12.5. The van der Waals surface area contributed by atoms with Crippen molar-refractivity contribution in [3.05, 3.63) is 0 Å². The average molecular weight is 251 g/mol. The summed E-state index contributed by atoms with van der Waals surface area (Å²) in [6, 6.07) is -0.0536. The van der Waals surface area contributed by atoms with Crippen LogP contribution in [-0.2, 0) is 14.6 Å². The largest absolute Gasteiger partial charge is 0.481 e. The van der Waals surface area contributed by atoms with Gasteiger partial charge in [0.1, 0.15) is 9.84 Å². The van der Waals surface area contributed by atoms with Crippen molar-refractivity contribution in [3.8, 4) is 0 Å². The van der Waals surface area contributed by atoms with E-state index in [1.165, 1.54) is 6.26 Å². The second-order valence-electron chi connectivity index (χ2n) is 4.06. The van der Waals surface area contributed by atoms with E-state index >= 15 is 0 Å². The van der Waals surface area contributed by atoms with Crippen LogP contribution < -0.4 is 0 Å². The maximum Gasteiger partial charge on any atom is 0.304 e. The van der Waals surface area contributed by atoms with Crippen LogP contribution in [0.3, 0.4) is 0 Å². The van der Waals surface area contributed by atoms with Gasteiger partial charge >= 0.3 is 5.97 Å². The molecule has 0 amide bonds. The Bertz CT molecular complexity index is 313. The van der Waals surface area contributed by atoms with E-state index in [-0.39, 0.29) is 18.2 Å². The molecule has 1 atom stereocenters. The molecule has 1 N–H and O–H groups in total. The summed E-state index contributed by atoms with van der Waals surface area (Å²) in [6.45, 7) is 5.15. The summed E-state index contributed by atoms with van der Waals surface area (Å²) in [5, 5.41) is 8.66. The lowest BCUT2D eigenvalue weighted by Crippen LogP contribution is -2.36. The lowest BCUT2D eigenvalue weighted by atomic mass is 10.2. The molecule has 0 aliphatic rings. The Balaban J connectivity index is 4.05. The first-order valence-corrected chi connectivity index (χ1v) is 7.46. The Morgan fingerprint density at radius 1 is 1.44 bits per heavy atom. The molecule has 96 valence electrons. The zero-order valence-electron chi connectivity index (χ0n) is 10.1. The van der Waals surface area contributed by atoms with Gasteiger partial charge in [-0.2, -0.15) is 0 Å². The van der Waals surface area contributed by atoms with Crippen molar-refractivity contribution in [2.75, 3.05) is 25.1 Å². The number of carbonyl (C=O) groups is 1. The smallest absolute Gasteiger partial charge is 0.304 e. The highest BCUT2D eigenvalue weighted by Gasteiger charge is 2.15. The topological polar surface area (TPSA) is 74.7 Å². The number of rotatable bonds is 8. The number of aliphatic carboxylic acids is 1. The third kappa shape index (κ3) is 7.64. The molecule has 16 heavy (non-hydrogen) atoms. The zero-order valence-corrected chi connectivity index (χ0v) is 11.0. The zero-order chi connectivity index (χ0) is 12.8. The van der Waals surface area contributed by atoms with Gasteiger partial charge in [0.2, 0.25) is 0 Å². The molecule has 0 spiro atoms. The summed E-state index contributed by atoms with van der Waals surface area (Å²) in [6.07, 6.45) is 1.85. The fourth-order valence-corrected chi connectivity index (χ4v) is 2.26. The highest BCUT2D eigenvalue weighted by atomic mass is 32.2. The van der Waals surface area contributed by atoms with Crippen LogP contribution in [0.1, 0.15) is 26.7 Å². The van der Waals surface area contributed by atoms with E-state index in [4.69, 9.17) is 5.11 Å². The first kappa shape index (κ1) is 15.4. The summed E-state index contributed by atoms with van der Waals surface area (Å²) in [5.74, 6) is -0.669. The molecule has 0 saturated heterocycles. The first-order chi connectivity index (χ1) is 7.26. The minimum atomic E-state index is -2.92. The van der Waals surface area contributed by atoms with Crippen molar-refractivity contribution in [3.63, 3.8) is 0 Å². The van der Waals surface area contributed by atoms with Gasteiger partial charge in [-0.25, -0.2) is 8.42 Å². The van der Waals surface area contributed by atoms with E-state index in [1.54, 1.807) is 0 Å². The van der Waals surface area contributed by atoms with E-state index in [0.717, 1.165) is 6.54 Å². The number of nitrogens with zero attached hydrogens (tertiary/aromatic N) is 1. The van der Waals surface area contributed by atoms with Crippen LogP contribution in [0.15, 0.2) is 0 Å². The van der Waals surface area contributed by atoms with Crippen molar-refractivity contribution in [1.82, 2.24) is 4.90 Å². The molecule has 6 heteroatoms. The van der Waals surface area contributed by atoms with E-state index in [9.17, 15) is 13.2 Å². The first-order valence-electron chi connectivity index (χ1n) is 5.39. The SMILES string of the molecule is CCN(CCCS(C)(=O)=O)C(C)CC(=O)O. The molecule has 1 unspecified atom stereocenters. The van der Waals surface area contributed by atoms with Gasteiger partial charge in [-0.05, 0) is 26.4 Å². The quantitative estimate of drug-likeness (QED) is 0.684. The van der Waals surface area contributed by atoms with Crippen LogP contribution in [0.5, 0.6) is 0 Å². The van der Waals surface area contributed by atoms with Crippen LogP contribution in [0.4, 0.5) is 0 Å². The molecule has 0 radical (unpaired) electrons. The minimum Gasteiger partial charge on any atom is -0.481 e. The van der Waals surface area contributed by atoms with Crippen molar-refractivity contribution in [2.45, 2.75) is 32.7 Å². The second kappa shape index (κ2) is 6.85. The van der Waals surface area contributed by atoms with Gasteiger partial charge in [0.15, 0.2) is 0 Å². The van der Waals surface area contributed by atoms with Crippen molar-refractivity contribution in [1.29, 1.82) is 0 Å². The van der Waals surface area contributed by atoms with E-state index in [0.29, 0.717) is 13.0 Å². The number of sulfone groups is 1. The van der Waals surface area contributed by atoms with Crippen molar-refractivity contribution >= 4 is 15.8 Å². The van der Waals surface area contributed by atoms with Gasteiger partial charge in [0.25, 0.3) is 0 Å². The van der Waals surface area contributed by atoms with E-state index in [1.807, 2.05) is 18.7 Å². The van der Waals surface area contributed by atoms with Crippen molar-refractivity contribution < 1.29 is 18.3 Å². The molecule has 0 aromatic heterocycles. The average Bonchev–Trinajstić information content (AvgIpc) is 2.09. The maximum atomic E-state index is 10.9. The van der Waals surface area contributed by atoms with Crippen LogP contribution in [0.2, 0.25) is 0 Å². The molecule has 0 heterocycles. The summed E-state index contributed by atoms with van der Waals surface area (Å²) >= 11 is 0. The van der Waals surface area contributed by atoms with Crippen LogP contribution in [-0.4, -0.2) is 55.5 Å². The van der Waals surface area contributed by atoms with Gasteiger partial charge in [-0.3, -0.25) is 4.79 Å². The predicted molar refractivity (Wildman–Crippen MR) is 63.3 cm³/mol. The normalized spacial score (nSPS) is 14.0. The summed E-state index contributed by atoms with van der Waals surface area (Å²) < 4.78 is 21.9. The monoisotopic (exact) mass is 251 g/mol. The van der Waals surface area contributed by atoms with Gasteiger partial charge in [-0.15, -0.1) is 0 Å². The highest BCUT2D eigenvalue weighted by molar-refractivity contribution is 7.90. The molecule has 0 saturated carbocycles. The Kier molecular flexibility index (Phi) is 6.59. The number of carboxylic acid groups (broad SMARTS) is 1. The Morgan fingerprint density at radius 3 is 2.38 bits per heavy atom. The molecule has 0 fully saturated rings. The van der Waals surface area contributed by atoms with Crippen molar-refractivity contribution in [2.24, 2.45) is 0 Å². The lowest BCUT2D eigenvalue weighted by Gasteiger charge is -2.26. The molecule has 0 aliphatic heterocycles. The number of hydrogen-bond acceptors (Lipinski definition) is 4. The standard InChI is InChI=1S/C10H21NO4S/c1-4-11(9(2)8-10(12)13)6-5-7-16(3,14)15/h9H,4-8H2,1-3H3,(H,12,13). The predicted octanol–water partition coefficient (Wildman–Crippen LogP) is 0.606. The van der Waals surface area contributed by atoms with Crippen LogP contribution in [0.25, 0.3) is 0 Å². The van der Waals surface area contributed by atoms with Crippen LogP contribution >= 0.6 is 0 Å². The fraction of sp³-hybridized carbons (Fsp3) is 0.900. The Labute approximate surface area is 97.4 Å². The number of hydrogen-bond donors (Lipinski definition) is 1. The van der Waals surface area contributed by atoms with Gasteiger partial charge in [0.05, 0.1) is 12.2 Å². The summed E-state index contributed by atoms with van der Waals surface area (Å²) in [7, 11) is -2.92. The number of carboxylic acids is 1. The van der Waals surface area contributed by atoms with Crippen LogP contribution in [0, 0.1) is 0 Å². The molecular weight excluding hydrogens is 230 g/mol. The molecule has 0 aromatic carbocycles. The molecule has 0 aromatic rings. The molecule has 0 aliphatic carbocycles. The maximum absolute atomic E-state index is 10.9. The summed E-state index contributed by atoms with van der Waals surface area (Å²) in [5.41, 5.74) is 0. The lowest BCUT2D eigenvalue weighted by molar-refractivity contribution is -0.138. The van der Waals surface area contributed by atoms with E-state index < -0.39 is 15.8 Å². The highest BCUT2D eigenvalue weighted by Crippen LogP contribution is 2.05. The Hall–Kier alpha value is -0.620. The van der Waals surface area contributed by atoms with Gasteiger partial charge in [0, 0.05) is 12.3 Å². The van der Waals surface area contributed by atoms with E-state index in [2.05, 4.69) is 0 Å². The minimum absolute atomic E-state index is 0.0536. The Morgan fingerprint density at radius 2 is 2.00 bits per heavy atom. The van der Waals surface area contributed by atoms with Gasteiger partial charge < -0.3 is 10.0 Å². The third-order valence-corrected chi connectivity index (χ3v) is 3.49. The second-order valence-corrected chi connectivity index (χ2v) is 6.32. The van der Waals surface area contributed by atoms with Gasteiger partial charge in [-0.1, -0.05) is 6.92 Å². The molecular formula is C10H21NO4S.